The quantitative estimate of drug-likeness (QED) is 0.341. The Bertz CT molecular complexity index is 1770. The summed E-state index contributed by atoms with van der Waals surface area (Å²) in [5.41, 5.74) is 17.5. The average molecular weight is 789 g/mol. The molecule has 48 heavy (non-hydrogen) atoms. The molecule has 0 amide bonds. The summed E-state index contributed by atoms with van der Waals surface area (Å²) in [7, 11) is 0. The molecule has 0 saturated heterocycles. The molecule has 1 aliphatic heterocycles. The van der Waals surface area contributed by atoms with Crippen LogP contribution in [0.5, 0.6) is 0 Å². The van der Waals surface area contributed by atoms with Gasteiger partial charge in [0.05, 0.1) is 0 Å². The summed E-state index contributed by atoms with van der Waals surface area (Å²) in [5.74, 6) is 2.05. The molecule has 0 aromatic heterocycles. The van der Waals surface area contributed by atoms with Gasteiger partial charge in [0.2, 0.25) is 0 Å². The number of halogens is 2. The fourth-order valence-corrected chi connectivity index (χ4v) is 16.6. The van der Waals surface area contributed by atoms with E-state index in [4.69, 9.17) is 24.4 Å². The van der Waals surface area contributed by atoms with Crippen LogP contribution in [0.1, 0.15) is 80.4 Å². The molecule has 0 spiro atoms. The van der Waals surface area contributed by atoms with Crippen LogP contribution in [0.15, 0.2) is 112 Å². The van der Waals surface area contributed by atoms with E-state index in [1.807, 2.05) is 0 Å². The number of rotatable bonds is 6. The predicted octanol–water partition coefficient (Wildman–Crippen LogP) is 5.78. The first-order valence-corrected chi connectivity index (χ1v) is 20.5. The van der Waals surface area contributed by atoms with E-state index in [0.29, 0.717) is 23.7 Å². The van der Waals surface area contributed by atoms with Gasteiger partial charge in [0, 0.05) is 0 Å². The number of hydrogen-bond acceptors (Lipinski definition) is 2. The first-order chi connectivity index (χ1) is 21.8. The fourth-order valence-electron chi connectivity index (χ4n) is 9.48. The summed E-state index contributed by atoms with van der Waals surface area (Å²) in [4.78, 5) is 2.32. The summed E-state index contributed by atoms with van der Waals surface area (Å²) in [6, 6.07) is 22.7. The molecule has 4 aliphatic carbocycles. The van der Waals surface area contributed by atoms with E-state index >= 15 is 0 Å². The predicted molar refractivity (Wildman–Crippen MR) is 200 cm³/mol. The molecule has 2 unspecified atom stereocenters. The summed E-state index contributed by atoms with van der Waals surface area (Å²) in [6.07, 6.45) is 0. The molecule has 0 fully saturated rings. The zero-order valence-electron chi connectivity index (χ0n) is 29.8. The second-order valence-corrected chi connectivity index (χ2v) is 19.6. The van der Waals surface area contributed by atoms with E-state index in [9.17, 15) is 0 Å². The SMILES string of the molecule is CC(C)C1=[C]2[Zr+2][C]3=C(C(C)C)C(=S)C4=C(C(C)C)C(=C(c5ccccc5)C34)C(C)(C)C3=C(c4ccccc4)C2C(=C3C(C)C)C1=S.[Cl-].[Cl-]. The van der Waals surface area contributed by atoms with Crippen molar-refractivity contribution in [1.29, 1.82) is 0 Å². The second-order valence-electron chi connectivity index (χ2n) is 15.5. The van der Waals surface area contributed by atoms with E-state index in [-0.39, 0.29) is 42.1 Å². The molecule has 2 atom stereocenters. The first kappa shape index (κ1) is 37.8. The molecule has 1 heterocycles. The number of hydrogen-bond donors (Lipinski definition) is 0. The summed E-state index contributed by atoms with van der Waals surface area (Å²) in [6.45, 7) is 24.2. The maximum atomic E-state index is 6.62. The number of benzene rings is 2. The smallest absolute Gasteiger partial charge is 1.00 e. The van der Waals surface area contributed by atoms with Gasteiger partial charge in [-0.25, -0.2) is 0 Å². The monoisotopic (exact) mass is 786 g/mol. The van der Waals surface area contributed by atoms with Crippen molar-refractivity contribution in [3.05, 3.63) is 123 Å². The van der Waals surface area contributed by atoms with Crippen LogP contribution >= 0.6 is 24.4 Å². The minimum Gasteiger partial charge on any atom is -1.00 e. The van der Waals surface area contributed by atoms with Crippen molar-refractivity contribution in [1.82, 2.24) is 0 Å². The Balaban J connectivity index is 0.00000225. The van der Waals surface area contributed by atoms with Crippen molar-refractivity contribution in [3.8, 4) is 0 Å². The summed E-state index contributed by atoms with van der Waals surface area (Å²) >= 11 is 11.9. The van der Waals surface area contributed by atoms with Crippen molar-refractivity contribution in [2.45, 2.75) is 69.2 Å². The Hall–Kier alpha value is -1.48. The van der Waals surface area contributed by atoms with Crippen LogP contribution in [-0.2, 0) is 23.2 Å². The fraction of sp³-hybridized carbons (Fsp3) is 0.395. The molecular weight excluding hydrogens is 743 g/mol. The van der Waals surface area contributed by atoms with Crippen LogP contribution in [0, 0.1) is 40.9 Å². The normalized spacial score (nSPS) is 22.5. The summed E-state index contributed by atoms with van der Waals surface area (Å²) in [5, 5.41) is 0. The van der Waals surface area contributed by atoms with E-state index in [1.165, 1.54) is 66.9 Å². The van der Waals surface area contributed by atoms with E-state index in [2.05, 4.69) is 130 Å². The van der Waals surface area contributed by atoms with Gasteiger partial charge in [-0.05, 0) is 0 Å². The third-order valence-electron chi connectivity index (χ3n) is 10.9. The minimum atomic E-state index is -1.36. The van der Waals surface area contributed by atoms with Crippen LogP contribution in [0.4, 0.5) is 0 Å². The van der Waals surface area contributed by atoms with Gasteiger partial charge in [0.15, 0.2) is 0 Å². The van der Waals surface area contributed by atoms with Gasteiger partial charge in [-0.15, -0.1) is 0 Å². The molecule has 5 heteroatoms. The van der Waals surface area contributed by atoms with Gasteiger partial charge in [0.25, 0.3) is 0 Å². The Morgan fingerprint density at radius 2 is 0.812 bits per heavy atom. The third-order valence-corrected chi connectivity index (χ3v) is 15.9. The zero-order valence-corrected chi connectivity index (χ0v) is 35.4. The van der Waals surface area contributed by atoms with Gasteiger partial charge >= 0.3 is 302 Å². The van der Waals surface area contributed by atoms with Crippen LogP contribution < -0.4 is 24.8 Å². The van der Waals surface area contributed by atoms with Crippen LogP contribution in [0.2, 0.25) is 0 Å². The Morgan fingerprint density at radius 3 is 1.10 bits per heavy atom. The van der Waals surface area contributed by atoms with Crippen molar-refractivity contribution in [2.24, 2.45) is 40.9 Å². The average Bonchev–Trinajstić information content (AvgIpc) is 3.70. The van der Waals surface area contributed by atoms with Gasteiger partial charge in [-0.1, -0.05) is 0 Å². The van der Waals surface area contributed by atoms with Crippen LogP contribution in [0.3, 0.4) is 0 Å². The maximum absolute atomic E-state index is 6.62. The van der Waals surface area contributed by atoms with Gasteiger partial charge < -0.3 is 24.8 Å². The van der Waals surface area contributed by atoms with Crippen LogP contribution in [-0.4, -0.2) is 9.73 Å². The standard InChI is InChI=1S/C43H46S2.2ClH.Zr/c1-23(2)29-21-31-35(27-17-13-11-14-18-27)39(33(25(5)6)37(31)41(29)44)43(9,10)40-34(26(7)8)38-32(22-30(24(3)4)42(38)45)36(40)28-19-15-12-16-20-28;;;/h11-20,23-26,31-32H,1-10H3;2*1H;/q;;;+2/p-2. The first-order valence-electron chi connectivity index (χ1n) is 17.2. The van der Waals surface area contributed by atoms with E-state index < -0.39 is 23.2 Å². The molecular formula is C43H46Cl2S2Zr. The third kappa shape index (κ3) is 5.27. The molecule has 0 N–H and O–H groups in total. The molecule has 248 valence electrons. The second kappa shape index (κ2) is 13.6. The number of thiocarbonyl (C=S) groups is 2. The summed E-state index contributed by atoms with van der Waals surface area (Å²) < 4.78 is 3.40. The van der Waals surface area contributed by atoms with Gasteiger partial charge in [0.1, 0.15) is 0 Å². The Morgan fingerprint density at radius 1 is 0.500 bits per heavy atom. The number of allylic oxidation sites excluding steroid dienone is 12. The Kier molecular flexibility index (Phi) is 10.7. The molecule has 7 rings (SSSR count). The Labute approximate surface area is 323 Å². The van der Waals surface area contributed by atoms with E-state index in [0.717, 1.165) is 9.73 Å². The van der Waals surface area contributed by atoms with Crippen molar-refractivity contribution >= 4 is 45.3 Å². The minimum absolute atomic E-state index is 0. The zero-order chi connectivity index (χ0) is 33.0. The molecule has 0 saturated carbocycles. The van der Waals surface area contributed by atoms with Crippen molar-refractivity contribution in [3.63, 3.8) is 0 Å². The van der Waals surface area contributed by atoms with Crippen molar-refractivity contribution in [2.75, 3.05) is 0 Å². The molecule has 2 aromatic rings. The van der Waals surface area contributed by atoms with Gasteiger partial charge in [-0.3, -0.25) is 0 Å². The molecule has 5 aliphatic rings. The molecule has 0 radical (unpaired) electrons. The topological polar surface area (TPSA) is 0 Å². The molecule has 2 aromatic carbocycles. The maximum Gasteiger partial charge on any atom is -1.00 e. The molecule has 0 nitrogen and oxygen atoms in total. The molecule has 4 bridgehead atoms. The van der Waals surface area contributed by atoms with Gasteiger partial charge in [-0.2, -0.15) is 0 Å². The largest absolute Gasteiger partial charge is 1.00 e. The van der Waals surface area contributed by atoms with E-state index in [1.54, 1.807) is 6.56 Å². The van der Waals surface area contributed by atoms with Crippen LogP contribution in [0.25, 0.3) is 11.1 Å². The van der Waals surface area contributed by atoms with Crippen molar-refractivity contribution < 1.29 is 48.0 Å².